The number of carbonyl (C=O) groups is 1. The first-order valence-electron chi connectivity index (χ1n) is 9.15. The van der Waals surface area contributed by atoms with E-state index in [-0.39, 0.29) is 30.0 Å². The molecule has 1 saturated heterocycles. The highest BCUT2D eigenvalue weighted by molar-refractivity contribution is 5.80. The van der Waals surface area contributed by atoms with Gasteiger partial charge in [-0.05, 0) is 44.0 Å². The van der Waals surface area contributed by atoms with Crippen LogP contribution >= 0.6 is 0 Å². The molecular formula is C21H27N3O2. The monoisotopic (exact) mass is 353 g/mol. The molecule has 0 spiro atoms. The maximum absolute atomic E-state index is 12.9. The number of benzene rings is 2. The average Bonchev–Trinajstić information content (AvgIpc) is 3.12. The number of hydrazine groups is 1. The van der Waals surface area contributed by atoms with E-state index in [1.54, 1.807) is 0 Å². The third-order valence-electron chi connectivity index (χ3n) is 4.57. The molecule has 1 heterocycles. The molecule has 0 aromatic heterocycles. The van der Waals surface area contributed by atoms with E-state index in [0.717, 1.165) is 16.9 Å². The molecule has 138 valence electrons. The molecular weight excluding hydrogens is 326 g/mol. The Balaban J connectivity index is 1.67. The van der Waals surface area contributed by atoms with Crippen molar-refractivity contribution in [1.82, 2.24) is 16.2 Å². The zero-order valence-corrected chi connectivity index (χ0v) is 15.5. The Hall–Kier alpha value is -2.37. The van der Waals surface area contributed by atoms with Gasteiger partial charge in [0, 0.05) is 6.54 Å². The number of carbonyl (C=O) groups excluding carboxylic acids is 1. The van der Waals surface area contributed by atoms with E-state index in [1.165, 1.54) is 0 Å². The summed E-state index contributed by atoms with van der Waals surface area (Å²) in [4.78, 5) is 12.9. The summed E-state index contributed by atoms with van der Waals surface area (Å²) in [7, 11) is 0. The van der Waals surface area contributed by atoms with Gasteiger partial charge < -0.3 is 10.1 Å². The van der Waals surface area contributed by atoms with Crippen LogP contribution in [-0.4, -0.2) is 18.6 Å². The molecule has 3 atom stereocenters. The number of rotatable bonds is 6. The van der Waals surface area contributed by atoms with Crippen LogP contribution in [0.4, 0.5) is 0 Å². The fraction of sp³-hybridized carbons (Fsp3) is 0.381. The van der Waals surface area contributed by atoms with Crippen LogP contribution in [0.15, 0.2) is 54.6 Å². The molecule has 1 aliphatic rings. The van der Waals surface area contributed by atoms with E-state index in [9.17, 15) is 4.79 Å². The standard InChI is InChI=1S/C21H27N3O2/c1-14(2)26-18-11-7-10-17(12-18)15(3)23-21(25)19-13-22-24-20(19)16-8-5-4-6-9-16/h4-12,14-15,19-20,22,24H,13H2,1-3H3,(H,23,25). The Morgan fingerprint density at radius 1 is 1.12 bits per heavy atom. The van der Waals surface area contributed by atoms with Crippen LogP contribution in [0.3, 0.4) is 0 Å². The second-order valence-corrected chi connectivity index (χ2v) is 6.99. The van der Waals surface area contributed by atoms with Crippen LogP contribution in [0.5, 0.6) is 5.75 Å². The summed E-state index contributed by atoms with van der Waals surface area (Å²) in [5.74, 6) is 0.707. The average molecular weight is 353 g/mol. The van der Waals surface area contributed by atoms with Gasteiger partial charge >= 0.3 is 0 Å². The number of hydrogen-bond donors (Lipinski definition) is 3. The topological polar surface area (TPSA) is 62.4 Å². The molecule has 1 aliphatic heterocycles. The molecule has 0 aliphatic carbocycles. The lowest BCUT2D eigenvalue weighted by molar-refractivity contribution is -0.125. The maximum Gasteiger partial charge on any atom is 0.226 e. The van der Waals surface area contributed by atoms with E-state index < -0.39 is 0 Å². The Morgan fingerprint density at radius 2 is 1.88 bits per heavy atom. The van der Waals surface area contributed by atoms with Gasteiger partial charge in [-0.1, -0.05) is 42.5 Å². The van der Waals surface area contributed by atoms with Crippen molar-refractivity contribution in [3.8, 4) is 5.75 Å². The minimum atomic E-state index is -0.157. The predicted octanol–water partition coefficient (Wildman–Crippen LogP) is 3.12. The highest BCUT2D eigenvalue weighted by Gasteiger charge is 2.34. The van der Waals surface area contributed by atoms with Crippen molar-refractivity contribution in [2.45, 2.75) is 39.0 Å². The molecule has 0 bridgehead atoms. The minimum Gasteiger partial charge on any atom is -0.491 e. The fourth-order valence-corrected chi connectivity index (χ4v) is 3.25. The lowest BCUT2D eigenvalue weighted by Gasteiger charge is -2.22. The molecule has 1 fully saturated rings. The minimum absolute atomic E-state index is 0.0287. The van der Waals surface area contributed by atoms with E-state index in [2.05, 4.69) is 16.2 Å². The van der Waals surface area contributed by atoms with Gasteiger partial charge in [-0.25, -0.2) is 5.43 Å². The van der Waals surface area contributed by atoms with Crippen LogP contribution in [0.25, 0.3) is 0 Å². The van der Waals surface area contributed by atoms with Gasteiger partial charge in [0.2, 0.25) is 5.91 Å². The van der Waals surface area contributed by atoms with Crippen molar-refractivity contribution in [3.05, 3.63) is 65.7 Å². The van der Waals surface area contributed by atoms with Gasteiger partial charge in [-0.3, -0.25) is 10.2 Å². The lowest BCUT2D eigenvalue weighted by Crippen LogP contribution is -2.36. The quantitative estimate of drug-likeness (QED) is 0.747. The van der Waals surface area contributed by atoms with E-state index in [1.807, 2.05) is 75.4 Å². The van der Waals surface area contributed by atoms with Crippen molar-refractivity contribution in [3.63, 3.8) is 0 Å². The van der Waals surface area contributed by atoms with E-state index in [4.69, 9.17) is 4.74 Å². The predicted molar refractivity (Wildman–Crippen MR) is 103 cm³/mol. The Labute approximate surface area is 155 Å². The number of amides is 1. The zero-order chi connectivity index (χ0) is 18.5. The smallest absolute Gasteiger partial charge is 0.226 e. The second kappa shape index (κ2) is 8.34. The second-order valence-electron chi connectivity index (χ2n) is 6.99. The first kappa shape index (κ1) is 18.4. The zero-order valence-electron chi connectivity index (χ0n) is 15.5. The molecule has 5 heteroatoms. The first-order chi connectivity index (χ1) is 12.5. The van der Waals surface area contributed by atoms with Crippen molar-refractivity contribution in [1.29, 1.82) is 0 Å². The first-order valence-corrected chi connectivity index (χ1v) is 9.15. The fourth-order valence-electron chi connectivity index (χ4n) is 3.25. The molecule has 26 heavy (non-hydrogen) atoms. The maximum atomic E-state index is 12.9. The summed E-state index contributed by atoms with van der Waals surface area (Å²) in [6.07, 6.45) is 0.123. The van der Waals surface area contributed by atoms with Gasteiger partial charge in [0.05, 0.1) is 24.1 Å². The van der Waals surface area contributed by atoms with E-state index in [0.29, 0.717) is 6.54 Å². The van der Waals surface area contributed by atoms with Gasteiger partial charge in [0.15, 0.2) is 0 Å². The SMILES string of the molecule is CC(C)Oc1cccc(C(C)NC(=O)C2CNNC2c2ccccc2)c1. The van der Waals surface area contributed by atoms with Crippen molar-refractivity contribution in [2.75, 3.05) is 6.54 Å². The third kappa shape index (κ3) is 4.42. The van der Waals surface area contributed by atoms with Crippen LogP contribution in [0.2, 0.25) is 0 Å². The van der Waals surface area contributed by atoms with Crippen molar-refractivity contribution >= 4 is 5.91 Å². The molecule has 3 N–H and O–H groups in total. The van der Waals surface area contributed by atoms with Crippen LogP contribution in [0, 0.1) is 5.92 Å². The van der Waals surface area contributed by atoms with Crippen molar-refractivity contribution in [2.24, 2.45) is 5.92 Å². The molecule has 2 aromatic carbocycles. The molecule has 5 nitrogen and oxygen atoms in total. The van der Waals surface area contributed by atoms with Crippen molar-refractivity contribution < 1.29 is 9.53 Å². The molecule has 3 rings (SSSR count). The molecule has 1 amide bonds. The summed E-state index contributed by atoms with van der Waals surface area (Å²) < 4.78 is 5.75. The highest BCUT2D eigenvalue weighted by Crippen LogP contribution is 2.26. The summed E-state index contributed by atoms with van der Waals surface area (Å²) in [5.41, 5.74) is 8.47. The molecule has 3 unspecified atom stereocenters. The normalized spacial score (nSPS) is 20.8. The van der Waals surface area contributed by atoms with Crippen LogP contribution < -0.4 is 20.9 Å². The largest absolute Gasteiger partial charge is 0.491 e. The molecule has 2 aromatic rings. The van der Waals surface area contributed by atoms with Crippen LogP contribution in [-0.2, 0) is 4.79 Å². The summed E-state index contributed by atoms with van der Waals surface area (Å²) in [6, 6.07) is 17.8. The van der Waals surface area contributed by atoms with Gasteiger partial charge in [-0.2, -0.15) is 0 Å². The summed E-state index contributed by atoms with van der Waals surface area (Å²) in [6.45, 7) is 6.61. The number of hydrogen-bond acceptors (Lipinski definition) is 4. The number of ether oxygens (including phenoxy) is 1. The molecule has 0 radical (unpaired) electrons. The van der Waals surface area contributed by atoms with Gasteiger partial charge in [-0.15, -0.1) is 0 Å². The Kier molecular flexibility index (Phi) is 5.91. The number of nitrogens with one attached hydrogen (secondary N) is 3. The lowest BCUT2D eigenvalue weighted by atomic mass is 9.93. The summed E-state index contributed by atoms with van der Waals surface area (Å²) >= 11 is 0. The Morgan fingerprint density at radius 3 is 2.62 bits per heavy atom. The van der Waals surface area contributed by atoms with Gasteiger partial charge in [0.1, 0.15) is 5.75 Å². The third-order valence-corrected chi connectivity index (χ3v) is 4.57. The Bertz CT molecular complexity index is 733. The highest BCUT2D eigenvalue weighted by atomic mass is 16.5. The van der Waals surface area contributed by atoms with E-state index >= 15 is 0 Å². The summed E-state index contributed by atoms with van der Waals surface area (Å²) in [5, 5.41) is 3.14. The van der Waals surface area contributed by atoms with Crippen LogP contribution in [0.1, 0.15) is 44.0 Å². The molecule has 0 saturated carbocycles. The van der Waals surface area contributed by atoms with Gasteiger partial charge in [0.25, 0.3) is 0 Å².